The first-order chi connectivity index (χ1) is 10.1. The Labute approximate surface area is 138 Å². The molecule has 0 radical (unpaired) electrons. The first kappa shape index (κ1) is 18.3. The highest BCUT2D eigenvalue weighted by Crippen LogP contribution is 1.95. The maximum Gasteiger partial charge on any atom is 0.185 e. The SMILES string of the molecule is CC(C)CCNC(=S)NNC(=S)NCC[NH+]1CCOCC1. The molecule has 6 nitrogen and oxygen atoms in total. The second-order valence-corrected chi connectivity index (χ2v) is 6.37. The standard InChI is InChI=1S/C13H27N5OS2/c1-11(2)3-4-14-12(20)16-17-13(21)15-5-6-18-7-9-19-10-8-18/h11H,3-10H2,1-2H3,(H2,14,16,20)(H2,15,17,21)/p+1. The fraction of sp³-hybridized carbons (Fsp3) is 0.846. The Morgan fingerprint density at radius 2 is 1.62 bits per heavy atom. The molecule has 8 heteroatoms. The molecule has 0 saturated carbocycles. The minimum absolute atomic E-state index is 0.565. The minimum atomic E-state index is 0.565. The van der Waals surface area contributed by atoms with Gasteiger partial charge in [-0.1, -0.05) is 13.8 Å². The van der Waals surface area contributed by atoms with Gasteiger partial charge in [0.2, 0.25) is 0 Å². The molecule has 0 aromatic carbocycles. The van der Waals surface area contributed by atoms with Gasteiger partial charge in [-0.3, -0.25) is 10.9 Å². The van der Waals surface area contributed by atoms with Crippen molar-refractivity contribution in [1.29, 1.82) is 0 Å². The Balaban J connectivity index is 1.98. The summed E-state index contributed by atoms with van der Waals surface area (Å²) < 4.78 is 5.33. The molecule has 1 fully saturated rings. The van der Waals surface area contributed by atoms with Gasteiger partial charge in [0, 0.05) is 6.54 Å². The number of rotatable bonds is 6. The molecule has 0 amide bonds. The number of hydrazine groups is 1. The molecule has 5 N–H and O–H groups in total. The maximum atomic E-state index is 5.33. The van der Waals surface area contributed by atoms with Gasteiger partial charge in [0.1, 0.15) is 13.1 Å². The van der Waals surface area contributed by atoms with Gasteiger partial charge in [0.25, 0.3) is 0 Å². The predicted octanol–water partition coefficient (Wildman–Crippen LogP) is -1.21. The van der Waals surface area contributed by atoms with E-state index >= 15 is 0 Å². The zero-order chi connectivity index (χ0) is 15.5. The van der Waals surface area contributed by atoms with Gasteiger partial charge in [-0.2, -0.15) is 0 Å². The Bertz CT molecular complexity index is 322. The summed E-state index contributed by atoms with van der Waals surface area (Å²) in [6.07, 6.45) is 1.09. The van der Waals surface area contributed by atoms with Gasteiger partial charge in [0.05, 0.1) is 26.3 Å². The number of hydrogen-bond donors (Lipinski definition) is 5. The van der Waals surface area contributed by atoms with Gasteiger partial charge in [0.15, 0.2) is 10.2 Å². The van der Waals surface area contributed by atoms with Crippen LogP contribution in [0.25, 0.3) is 0 Å². The van der Waals surface area contributed by atoms with Crippen LogP contribution in [0, 0.1) is 5.92 Å². The molecule has 0 bridgehead atoms. The normalized spacial score (nSPS) is 15.6. The van der Waals surface area contributed by atoms with Crippen LogP contribution in [0.4, 0.5) is 0 Å². The fourth-order valence-electron chi connectivity index (χ4n) is 1.94. The number of thiocarbonyl (C=S) groups is 2. The Kier molecular flexibility index (Phi) is 9.56. The van der Waals surface area contributed by atoms with Crippen molar-refractivity contribution >= 4 is 34.7 Å². The van der Waals surface area contributed by atoms with Crippen LogP contribution >= 0.6 is 24.4 Å². The monoisotopic (exact) mass is 334 g/mol. The summed E-state index contributed by atoms with van der Waals surface area (Å²) in [6, 6.07) is 0. The van der Waals surface area contributed by atoms with Crippen molar-refractivity contribution < 1.29 is 9.64 Å². The van der Waals surface area contributed by atoms with E-state index in [9.17, 15) is 0 Å². The topological polar surface area (TPSA) is 61.8 Å². The third kappa shape index (κ3) is 9.78. The predicted molar refractivity (Wildman–Crippen MR) is 93.3 cm³/mol. The van der Waals surface area contributed by atoms with Gasteiger partial charge >= 0.3 is 0 Å². The zero-order valence-corrected chi connectivity index (χ0v) is 14.6. The highest BCUT2D eigenvalue weighted by Gasteiger charge is 2.12. The van der Waals surface area contributed by atoms with Gasteiger partial charge in [-0.25, -0.2) is 0 Å². The van der Waals surface area contributed by atoms with Crippen LogP contribution in [0.15, 0.2) is 0 Å². The highest BCUT2D eigenvalue weighted by atomic mass is 32.1. The summed E-state index contributed by atoms with van der Waals surface area (Å²) in [5.41, 5.74) is 5.78. The van der Waals surface area contributed by atoms with Crippen LogP contribution in [-0.2, 0) is 4.74 Å². The molecular weight excluding hydrogens is 306 g/mol. The van der Waals surface area contributed by atoms with E-state index in [4.69, 9.17) is 29.2 Å². The van der Waals surface area contributed by atoms with Crippen LogP contribution in [0.3, 0.4) is 0 Å². The Hall–Kier alpha value is -0.700. The molecule has 1 aliphatic rings. The average molecular weight is 335 g/mol. The molecular formula is C13H28N5OS2+. The van der Waals surface area contributed by atoms with Crippen LogP contribution in [-0.4, -0.2) is 56.2 Å². The number of nitrogens with one attached hydrogen (secondary N) is 5. The van der Waals surface area contributed by atoms with Gasteiger partial charge in [-0.15, -0.1) is 0 Å². The first-order valence-corrected chi connectivity index (χ1v) is 8.38. The lowest BCUT2D eigenvalue weighted by atomic mass is 10.1. The van der Waals surface area contributed by atoms with Crippen LogP contribution in [0.2, 0.25) is 0 Å². The van der Waals surface area contributed by atoms with E-state index in [1.54, 1.807) is 4.90 Å². The Morgan fingerprint density at radius 1 is 1.05 bits per heavy atom. The lowest BCUT2D eigenvalue weighted by Gasteiger charge is -2.24. The van der Waals surface area contributed by atoms with Crippen molar-refractivity contribution in [2.75, 3.05) is 45.9 Å². The van der Waals surface area contributed by atoms with E-state index in [0.717, 1.165) is 52.4 Å². The number of ether oxygens (including phenoxy) is 1. The molecule has 1 saturated heterocycles. The molecule has 0 aliphatic carbocycles. The van der Waals surface area contributed by atoms with Crippen molar-refractivity contribution in [3.8, 4) is 0 Å². The van der Waals surface area contributed by atoms with Gasteiger partial charge in [-0.05, 0) is 36.8 Å². The lowest BCUT2D eigenvalue weighted by molar-refractivity contribution is -0.906. The second kappa shape index (κ2) is 10.9. The summed E-state index contributed by atoms with van der Waals surface area (Å²) in [6.45, 7) is 11.0. The maximum absolute atomic E-state index is 5.33. The van der Waals surface area contributed by atoms with Crippen molar-refractivity contribution in [1.82, 2.24) is 21.5 Å². The fourth-order valence-corrected chi connectivity index (χ4v) is 2.25. The molecule has 0 aromatic heterocycles. The summed E-state index contributed by atoms with van der Waals surface area (Å²) in [5, 5.41) is 7.43. The van der Waals surface area contributed by atoms with E-state index in [1.807, 2.05) is 0 Å². The molecule has 1 aliphatic heterocycles. The van der Waals surface area contributed by atoms with E-state index in [0.29, 0.717) is 16.1 Å². The molecule has 1 heterocycles. The zero-order valence-electron chi connectivity index (χ0n) is 13.0. The van der Waals surface area contributed by atoms with E-state index in [2.05, 4.69) is 35.3 Å². The number of hydrogen-bond acceptors (Lipinski definition) is 3. The Morgan fingerprint density at radius 3 is 2.19 bits per heavy atom. The van der Waals surface area contributed by atoms with Crippen LogP contribution < -0.4 is 26.4 Å². The molecule has 0 spiro atoms. The summed E-state index contributed by atoms with van der Waals surface area (Å²) in [7, 11) is 0. The lowest BCUT2D eigenvalue weighted by Crippen LogP contribution is -3.14. The third-order valence-electron chi connectivity index (χ3n) is 3.26. The molecule has 122 valence electrons. The van der Waals surface area contributed by atoms with E-state index in [1.165, 1.54) is 0 Å². The number of quaternary nitrogens is 1. The molecule has 1 rings (SSSR count). The summed E-state index contributed by atoms with van der Waals surface area (Å²) >= 11 is 10.3. The highest BCUT2D eigenvalue weighted by molar-refractivity contribution is 7.80. The van der Waals surface area contributed by atoms with E-state index < -0.39 is 0 Å². The largest absolute Gasteiger partial charge is 0.370 e. The van der Waals surface area contributed by atoms with Crippen molar-refractivity contribution in [2.45, 2.75) is 20.3 Å². The summed E-state index contributed by atoms with van der Waals surface area (Å²) in [5.74, 6) is 0.665. The van der Waals surface area contributed by atoms with Crippen molar-refractivity contribution in [3.63, 3.8) is 0 Å². The minimum Gasteiger partial charge on any atom is -0.370 e. The smallest absolute Gasteiger partial charge is 0.185 e. The molecule has 0 unspecified atom stereocenters. The quantitative estimate of drug-likeness (QED) is 0.309. The third-order valence-corrected chi connectivity index (χ3v) is 3.75. The molecule has 0 atom stereocenters. The van der Waals surface area contributed by atoms with E-state index in [-0.39, 0.29) is 0 Å². The van der Waals surface area contributed by atoms with Crippen molar-refractivity contribution in [2.24, 2.45) is 5.92 Å². The molecule has 0 aromatic rings. The molecule has 21 heavy (non-hydrogen) atoms. The average Bonchev–Trinajstić information content (AvgIpc) is 2.46. The summed E-state index contributed by atoms with van der Waals surface area (Å²) in [4.78, 5) is 1.55. The van der Waals surface area contributed by atoms with Gasteiger partial charge < -0.3 is 20.3 Å². The second-order valence-electron chi connectivity index (χ2n) is 5.56. The first-order valence-electron chi connectivity index (χ1n) is 7.57. The van der Waals surface area contributed by atoms with Crippen LogP contribution in [0.5, 0.6) is 0 Å². The van der Waals surface area contributed by atoms with Crippen molar-refractivity contribution in [3.05, 3.63) is 0 Å². The van der Waals surface area contributed by atoms with Crippen LogP contribution in [0.1, 0.15) is 20.3 Å². The number of morpholine rings is 1.